The van der Waals surface area contributed by atoms with Crippen molar-refractivity contribution in [2.75, 3.05) is 6.54 Å². The van der Waals surface area contributed by atoms with Crippen LogP contribution in [0, 0.1) is 6.92 Å². The Morgan fingerprint density at radius 2 is 2.50 bits per heavy atom. The number of hydrogen-bond acceptors (Lipinski definition) is 5. The standard InChI is InChI=1S/C12H13N3O2S/c1-8-13-11(17-14-8)9-4-2-6-15(9)12(16)10-5-3-7-18-10/h3,5,7,9H,2,4,6H2,1H3. The van der Waals surface area contributed by atoms with Crippen LogP contribution in [0.1, 0.15) is 40.3 Å². The molecule has 1 atom stereocenters. The zero-order valence-corrected chi connectivity index (χ0v) is 10.8. The summed E-state index contributed by atoms with van der Waals surface area (Å²) in [5, 5.41) is 5.71. The molecule has 0 aliphatic carbocycles. The van der Waals surface area contributed by atoms with Crippen LogP contribution in [0.25, 0.3) is 0 Å². The predicted molar refractivity (Wildman–Crippen MR) is 66.4 cm³/mol. The van der Waals surface area contributed by atoms with Crippen LogP contribution in [0.4, 0.5) is 0 Å². The Balaban J connectivity index is 1.85. The van der Waals surface area contributed by atoms with Crippen LogP contribution in [-0.2, 0) is 0 Å². The van der Waals surface area contributed by atoms with E-state index in [0.29, 0.717) is 11.7 Å². The van der Waals surface area contributed by atoms with E-state index in [4.69, 9.17) is 4.52 Å². The average molecular weight is 263 g/mol. The van der Waals surface area contributed by atoms with Crippen molar-refractivity contribution in [3.63, 3.8) is 0 Å². The van der Waals surface area contributed by atoms with Gasteiger partial charge in [0.25, 0.3) is 5.91 Å². The molecule has 0 spiro atoms. The lowest BCUT2D eigenvalue weighted by Crippen LogP contribution is -2.30. The molecular formula is C12H13N3O2S. The molecule has 18 heavy (non-hydrogen) atoms. The van der Waals surface area contributed by atoms with Gasteiger partial charge in [-0.1, -0.05) is 11.2 Å². The predicted octanol–water partition coefficient (Wildman–Crippen LogP) is 2.42. The summed E-state index contributed by atoms with van der Waals surface area (Å²) >= 11 is 1.46. The molecule has 2 aromatic heterocycles. The van der Waals surface area contributed by atoms with Gasteiger partial charge in [-0.25, -0.2) is 0 Å². The van der Waals surface area contributed by atoms with Crippen molar-refractivity contribution in [3.8, 4) is 0 Å². The summed E-state index contributed by atoms with van der Waals surface area (Å²) in [6.45, 7) is 2.54. The minimum absolute atomic E-state index is 0.0587. The number of likely N-dealkylation sites (tertiary alicyclic amines) is 1. The minimum atomic E-state index is -0.0687. The van der Waals surface area contributed by atoms with Crippen LogP contribution in [-0.4, -0.2) is 27.5 Å². The van der Waals surface area contributed by atoms with Gasteiger partial charge in [-0.15, -0.1) is 11.3 Å². The lowest BCUT2D eigenvalue weighted by atomic mass is 10.2. The van der Waals surface area contributed by atoms with Crippen molar-refractivity contribution in [1.29, 1.82) is 0 Å². The van der Waals surface area contributed by atoms with E-state index in [9.17, 15) is 4.79 Å². The second-order valence-electron chi connectivity index (χ2n) is 4.31. The molecule has 1 amide bonds. The lowest BCUT2D eigenvalue weighted by molar-refractivity contribution is 0.0715. The zero-order chi connectivity index (χ0) is 12.5. The van der Waals surface area contributed by atoms with E-state index in [0.717, 1.165) is 24.3 Å². The summed E-state index contributed by atoms with van der Waals surface area (Å²) in [6.07, 6.45) is 1.86. The van der Waals surface area contributed by atoms with Gasteiger partial charge in [0.1, 0.15) is 6.04 Å². The van der Waals surface area contributed by atoms with Crippen LogP contribution in [0.2, 0.25) is 0 Å². The molecule has 1 aliphatic rings. The summed E-state index contributed by atoms with van der Waals surface area (Å²) in [7, 11) is 0. The van der Waals surface area contributed by atoms with Crippen molar-refractivity contribution in [2.45, 2.75) is 25.8 Å². The van der Waals surface area contributed by atoms with Crippen LogP contribution in [0.5, 0.6) is 0 Å². The summed E-state index contributed by atoms with van der Waals surface area (Å²) in [4.78, 5) is 19.2. The lowest BCUT2D eigenvalue weighted by Gasteiger charge is -2.20. The molecule has 1 unspecified atom stereocenters. The normalized spacial score (nSPS) is 19.4. The number of thiophene rings is 1. The molecule has 2 aromatic rings. The molecule has 0 aromatic carbocycles. The summed E-state index contributed by atoms with van der Waals surface area (Å²) in [5.74, 6) is 1.22. The third-order valence-electron chi connectivity index (χ3n) is 3.07. The Kier molecular flexibility index (Phi) is 2.87. The van der Waals surface area contributed by atoms with Gasteiger partial charge >= 0.3 is 0 Å². The number of carbonyl (C=O) groups is 1. The number of carbonyl (C=O) groups excluding carboxylic acids is 1. The fourth-order valence-electron chi connectivity index (χ4n) is 2.26. The van der Waals surface area contributed by atoms with E-state index in [1.54, 1.807) is 6.92 Å². The first-order chi connectivity index (χ1) is 8.75. The maximum Gasteiger partial charge on any atom is 0.264 e. The van der Waals surface area contributed by atoms with Gasteiger partial charge in [0, 0.05) is 6.54 Å². The second-order valence-corrected chi connectivity index (χ2v) is 5.26. The van der Waals surface area contributed by atoms with Crippen molar-refractivity contribution >= 4 is 17.2 Å². The van der Waals surface area contributed by atoms with E-state index in [-0.39, 0.29) is 11.9 Å². The average Bonchev–Trinajstić information content (AvgIpc) is 3.09. The van der Waals surface area contributed by atoms with Crippen LogP contribution in [0.3, 0.4) is 0 Å². The Bertz CT molecular complexity index is 549. The highest BCUT2D eigenvalue weighted by Crippen LogP contribution is 2.32. The van der Waals surface area contributed by atoms with E-state index in [1.165, 1.54) is 11.3 Å². The van der Waals surface area contributed by atoms with E-state index < -0.39 is 0 Å². The Hall–Kier alpha value is -1.69. The fraction of sp³-hybridized carbons (Fsp3) is 0.417. The SMILES string of the molecule is Cc1noc(C2CCCN2C(=O)c2cccs2)n1. The van der Waals surface area contributed by atoms with Crippen LogP contribution >= 0.6 is 11.3 Å². The number of nitrogens with zero attached hydrogens (tertiary/aromatic N) is 3. The molecule has 1 fully saturated rings. The topological polar surface area (TPSA) is 59.2 Å². The maximum atomic E-state index is 12.3. The molecule has 94 valence electrons. The first-order valence-electron chi connectivity index (χ1n) is 5.90. The Morgan fingerprint density at radius 3 is 3.17 bits per heavy atom. The molecule has 6 heteroatoms. The molecule has 0 bridgehead atoms. The van der Waals surface area contributed by atoms with Crippen molar-refractivity contribution in [2.24, 2.45) is 0 Å². The molecule has 3 rings (SSSR count). The highest BCUT2D eigenvalue weighted by Gasteiger charge is 2.34. The largest absolute Gasteiger partial charge is 0.337 e. The number of aryl methyl sites for hydroxylation is 1. The molecule has 1 aliphatic heterocycles. The first kappa shape index (κ1) is 11.4. The van der Waals surface area contributed by atoms with Crippen molar-refractivity contribution < 1.29 is 9.32 Å². The molecule has 0 saturated carbocycles. The van der Waals surface area contributed by atoms with E-state index in [2.05, 4.69) is 10.1 Å². The first-order valence-corrected chi connectivity index (χ1v) is 6.78. The molecule has 0 N–H and O–H groups in total. The van der Waals surface area contributed by atoms with Gasteiger partial charge in [-0.05, 0) is 31.2 Å². The third-order valence-corrected chi connectivity index (χ3v) is 3.93. The van der Waals surface area contributed by atoms with E-state index >= 15 is 0 Å². The monoisotopic (exact) mass is 263 g/mol. The summed E-state index contributed by atoms with van der Waals surface area (Å²) in [5.41, 5.74) is 0. The zero-order valence-electron chi connectivity index (χ0n) is 10.00. The van der Waals surface area contributed by atoms with Gasteiger partial charge in [0.2, 0.25) is 5.89 Å². The van der Waals surface area contributed by atoms with Gasteiger partial charge < -0.3 is 9.42 Å². The van der Waals surface area contributed by atoms with Gasteiger partial charge in [0.15, 0.2) is 5.82 Å². The summed E-state index contributed by atoms with van der Waals surface area (Å²) in [6, 6.07) is 3.67. The van der Waals surface area contributed by atoms with Gasteiger partial charge in [0.05, 0.1) is 4.88 Å². The number of aromatic nitrogens is 2. The van der Waals surface area contributed by atoms with Crippen molar-refractivity contribution in [3.05, 3.63) is 34.1 Å². The maximum absolute atomic E-state index is 12.3. The smallest absolute Gasteiger partial charge is 0.264 e. The highest BCUT2D eigenvalue weighted by atomic mass is 32.1. The summed E-state index contributed by atoms with van der Waals surface area (Å²) < 4.78 is 5.19. The van der Waals surface area contributed by atoms with Crippen molar-refractivity contribution in [1.82, 2.24) is 15.0 Å². The number of hydrogen-bond donors (Lipinski definition) is 0. The van der Waals surface area contributed by atoms with Crippen LogP contribution < -0.4 is 0 Å². The molecule has 1 saturated heterocycles. The molecular weight excluding hydrogens is 250 g/mol. The Morgan fingerprint density at radius 1 is 1.61 bits per heavy atom. The quantitative estimate of drug-likeness (QED) is 0.835. The number of rotatable bonds is 2. The van der Waals surface area contributed by atoms with Gasteiger partial charge in [-0.3, -0.25) is 4.79 Å². The van der Waals surface area contributed by atoms with Gasteiger partial charge in [-0.2, -0.15) is 4.98 Å². The molecule has 3 heterocycles. The second kappa shape index (κ2) is 4.53. The third kappa shape index (κ3) is 1.92. The number of amides is 1. The fourth-order valence-corrected chi connectivity index (χ4v) is 2.94. The highest BCUT2D eigenvalue weighted by molar-refractivity contribution is 7.12. The Labute approximate surface area is 108 Å². The molecule has 0 radical (unpaired) electrons. The minimum Gasteiger partial charge on any atom is -0.337 e. The molecule has 5 nitrogen and oxygen atoms in total. The van der Waals surface area contributed by atoms with Crippen LogP contribution in [0.15, 0.2) is 22.0 Å². The van der Waals surface area contributed by atoms with E-state index in [1.807, 2.05) is 22.4 Å².